The van der Waals surface area contributed by atoms with Crippen LogP contribution in [-0.4, -0.2) is 11.1 Å². The molecule has 0 amide bonds. The first kappa shape index (κ1) is 10.8. The average Bonchev–Trinajstić information content (AvgIpc) is 2.67. The Morgan fingerprint density at radius 1 is 1.38 bits per heavy atom. The van der Waals surface area contributed by atoms with E-state index in [1.54, 1.807) is 0 Å². The smallest absolute Gasteiger partial charge is 0.0479 e. The Labute approximate surface area is 96.6 Å². The number of hydrogen-bond donors (Lipinski definition) is 1. The van der Waals surface area contributed by atoms with Crippen molar-refractivity contribution in [2.75, 3.05) is 11.9 Å². The van der Waals surface area contributed by atoms with Gasteiger partial charge in [-0.2, -0.15) is 0 Å². The lowest BCUT2D eigenvalue weighted by Gasteiger charge is -2.07. The first-order valence-corrected chi connectivity index (χ1v) is 5.66. The highest BCUT2D eigenvalue weighted by Gasteiger charge is 1.99. The number of aromatic nitrogens is 1. The molecule has 0 bridgehead atoms. The Balaban J connectivity index is 2.17. The van der Waals surface area contributed by atoms with Gasteiger partial charge in [0.25, 0.3) is 0 Å². The first-order chi connectivity index (χ1) is 7.70. The van der Waals surface area contributed by atoms with Crippen LogP contribution >= 0.6 is 0 Å². The highest BCUT2D eigenvalue weighted by Crippen LogP contribution is 2.19. The molecule has 1 aromatic heterocycles. The maximum atomic E-state index is 3.99. The van der Waals surface area contributed by atoms with Crippen LogP contribution in [0.15, 0.2) is 42.6 Å². The van der Waals surface area contributed by atoms with Gasteiger partial charge >= 0.3 is 0 Å². The summed E-state index contributed by atoms with van der Waals surface area (Å²) in [7, 11) is 2.06. The van der Waals surface area contributed by atoms with Crippen LogP contribution in [0.5, 0.6) is 0 Å². The first-order valence-electron chi connectivity index (χ1n) is 5.66. The minimum atomic E-state index is 0.856. The van der Waals surface area contributed by atoms with Crippen molar-refractivity contribution in [1.82, 2.24) is 4.57 Å². The normalized spacial score (nSPS) is 10.6. The predicted octanol–water partition coefficient (Wildman–Crippen LogP) is 3.56. The highest BCUT2D eigenvalue weighted by molar-refractivity contribution is 5.83. The average molecular weight is 214 g/mol. The van der Waals surface area contributed by atoms with E-state index in [2.05, 4.69) is 60.9 Å². The second kappa shape index (κ2) is 4.44. The molecule has 0 aliphatic carbocycles. The molecule has 0 saturated heterocycles. The van der Waals surface area contributed by atoms with Gasteiger partial charge in [-0.1, -0.05) is 19.1 Å². The Kier molecular flexibility index (Phi) is 3.00. The van der Waals surface area contributed by atoms with E-state index in [4.69, 9.17) is 0 Å². The molecule has 0 unspecified atom stereocenters. The fourth-order valence-electron chi connectivity index (χ4n) is 1.74. The van der Waals surface area contributed by atoms with Gasteiger partial charge in [0, 0.05) is 36.4 Å². The quantitative estimate of drug-likeness (QED) is 0.770. The zero-order chi connectivity index (χ0) is 11.5. The van der Waals surface area contributed by atoms with E-state index in [1.165, 1.54) is 16.5 Å². The Hall–Kier alpha value is -1.70. The SMILES string of the molecule is C=C(CC)CNc1ccc2c(ccn2C)c1. The topological polar surface area (TPSA) is 17.0 Å². The van der Waals surface area contributed by atoms with Crippen molar-refractivity contribution < 1.29 is 0 Å². The van der Waals surface area contributed by atoms with Crippen molar-refractivity contribution in [3.8, 4) is 0 Å². The van der Waals surface area contributed by atoms with Gasteiger partial charge in [0.15, 0.2) is 0 Å². The molecule has 2 aromatic rings. The molecular formula is C14H18N2. The van der Waals surface area contributed by atoms with Crippen molar-refractivity contribution in [1.29, 1.82) is 0 Å². The van der Waals surface area contributed by atoms with Gasteiger partial charge in [0.1, 0.15) is 0 Å². The van der Waals surface area contributed by atoms with E-state index in [0.29, 0.717) is 0 Å². The van der Waals surface area contributed by atoms with E-state index >= 15 is 0 Å². The molecule has 1 N–H and O–H groups in total. The molecule has 1 aromatic carbocycles. The zero-order valence-electron chi connectivity index (χ0n) is 9.96. The maximum absolute atomic E-state index is 3.99. The lowest BCUT2D eigenvalue weighted by Crippen LogP contribution is -2.03. The minimum absolute atomic E-state index is 0.856. The standard InChI is InChI=1S/C14H18N2/c1-4-11(2)10-15-13-5-6-14-12(9-13)7-8-16(14)3/h5-9,15H,2,4,10H2,1,3H3. The van der Waals surface area contributed by atoms with Crippen molar-refractivity contribution in [2.24, 2.45) is 7.05 Å². The summed E-state index contributed by atoms with van der Waals surface area (Å²) in [5, 5.41) is 4.66. The molecule has 1 heterocycles. The molecule has 16 heavy (non-hydrogen) atoms. The van der Waals surface area contributed by atoms with Crippen LogP contribution in [0, 0.1) is 0 Å². The van der Waals surface area contributed by atoms with E-state index < -0.39 is 0 Å². The molecule has 0 atom stereocenters. The van der Waals surface area contributed by atoms with E-state index in [9.17, 15) is 0 Å². The van der Waals surface area contributed by atoms with Gasteiger partial charge in [-0.15, -0.1) is 0 Å². The summed E-state index contributed by atoms with van der Waals surface area (Å²) in [4.78, 5) is 0. The van der Waals surface area contributed by atoms with Crippen molar-refractivity contribution in [3.63, 3.8) is 0 Å². The Bertz CT molecular complexity index is 508. The van der Waals surface area contributed by atoms with Crippen LogP contribution < -0.4 is 5.32 Å². The van der Waals surface area contributed by atoms with Crippen LogP contribution in [-0.2, 0) is 7.05 Å². The lowest BCUT2D eigenvalue weighted by molar-refractivity contribution is 0.969. The summed E-state index contributed by atoms with van der Waals surface area (Å²) in [6.45, 7) is 6.97. The summed E-state index contributed by atoms with van der Waals surface area (Å²) in [5.41, 5.74) is 3.65. The van der Waals surface area contributed by atoms with Crippen LogP contribution in [0.2, 0.25) is 0 Å². The summed E-state index contributed by atoms with van der Waals surface area (Å²) < 4.78 is 2.13. The zero-order valence-corrected chi connectivity index (χ0v) is 9.96. The molecule has 0 aliphatic heterocycles. The molecule has 0 radical (unpaired) electrons. The van der Waals surface area contributed by atoms with E-state index in [-0.39, 0.29) is 0 Å². The van der Waals surface area contributed by atoms with Crippen molar-refractivity contribution in [2.45, 2.75) is 13.3 Å². The summed E-state index contributed by atoms with van der Waals surface area (Å²) in [6.07, 6.45) is 3.11. The molecule has 0 saturated carbocycles. The number of nitrogens with one attached hydrogen (secondary N) is 1. The molecule has 84 valence electrons. The number of benzene rings is 1. The van der Waals surface area contributed by atoms with E-state index in [0.717, 1.165) is 18.7 Å². The van der Waals surface area contributed by atoms with Crippen LogP contribution in [0.1, 0.15) is 13.3 Å². The Morgan fingerprint density at radius 2 is 2.19 bits per heavy atom. The molecule has 2 nitrogen and oxygen atoms in total. The number of fused-ring (bicyclic) bond motifs is 1. The second-order valence-electron chi connectivity index (χ2n) is 4.16. The number of hydrogen-bond acceptors (Lipinski definition) is 1. The maximum Gasteiger partial charge on any atom is 0.0479 e. The van der Waals surface area contributed by atoms with Gasteiger partial charge in [-0.25, -0.2) is 0 Å². The number of aryl methyl sites for hydroxylation is 1. The molecule has 2 heteroatoms. The van der Waals surface area contributed by atoms with Gasteiger partial charge < -0.3 is 9.88 Å². The minimum Gasteiger partial charge on any atom is -0.381 e. The van der Waals surface area contributed by atoms with Gasteiger partial charge in [-0.05, 0) is 30.7 Å². The van der Waals surface area contributed by atoms with E-state index in [1.807, 2.05) is 0 Å². The van der Waals surface area contributed by atoms with Gasteiger partial charge in [0.05, 0.1) is 0 Å². The fraction of sp³-hybridized carbons (Fsp3) is 0.286. The Morgan fingerprint density at radius 3 is 2.94 bits per heavy atom. The molecule has 0 spiro atoms. The lowest BCUT2D eigenvalue weighted by atomic mass is 10.2. The van der Waals surface area contributed by atoms with Crippen molar-refractivity contribution >= 4 is 16.6 Å². The third-order valence-electron chi connectivity index (χ3n) is 2.93. The monoisotopic (exact) mass is 214 g/mol. The largest absolute Gasteiger partial charge is 0.381 e. The molecular weight excluding hydrogens is 196 g/mol. The molecule has 0 aliphatic rings. The summed E-state index contributed by atoms with van der Waals surface area (Å²) in [6, 6.07) is 8.57. The van der Waals surface area contributed by atoms with Crippen LogP contribution in [0.25, 0.3) is 10.9 Å². The van der Waals surface area contributed by atoms with Crippen LogP contribution in [0.4, 0.5) is 5.69 Å². The molecule has 2 rings (SSSR count). The third-order valence-corrected chi connectivity index (χ3v) is 2.93. The van der Waals surface area contributed by atoms with Crippen LogP contribution in [0.3, 0.4) is 0 Å². The highest BCUT2D eigenvalue weighted by atomic mass is 14.9. The van der Waals surface area contributed by atoms with Gasteiger partial charge in [-0.3, -0.25) is 0 Å². The number of rotatable bonds is 4. The third kappa shape index (κ3) is 2.11. The van der Waals surface area contributed by atoms with Gasteiger partial charge in [0.2, 0.25) is 0 Å². The number of anilines is 1. The summed E-state index contributed by atoms with van der Waals surface area (Å²) in [5.74, 6) is 0. The predicted molar refractivity (Wildman–Crippen MR) is 70.8 cm³/mol. The van der Waals surface area contributed by atoms with Crippen molar-refractivity contribution in [3.05, 3.63) is 42.6 Å². The second-order valence-corrected chi connectivity index (χ2v) is 4.16. The summed E-state index contributed by atoms with van der Waals surface area (Å²) >= 11 is 0. The fourth-order valence-corrected chi connectivity index (χ4v) is 1.74. The number of nitrogens with zero attached hydrogens (tertiary/aromatic N) is 1. The molecule has 0 fully saturated rings.